The predicted molar refractivity (Wildman–Crippen MR) is 128 cm³/mol. The normalized spacial score (nSPS) is 11.5. The zero-order valence-electron chi connectivity index (χ0n) is 18.7. The molecular weight excluding hydrogens is 433 g/mol. The zero-order chi connectivity index (χ0) is 23.4. The maximum Gasteiger partial charge on any atom is 0.155 e. The van der Waals surface area contributed by atoms with Gasteiger partial charge in [0.05, 0.1) is 30.4 Å². The summed E-state index contributed by atoms with van der Waals surface area (Å²) in [6.07, 6.45) is 5.35. The molecule has 5 aromatic heterocycles. The van der Waals surface area contributed by atoms with Crippen molar-refractivity contribution in [2.45, 2.75) is 6.92 Å². The Hall–Kier alpha value is -4.53. The number of pyridine rings is 2. The van der Waals surface area contributed by atoms with Gasteiger partial charge in [0.15, 0.2) is 5.65 Å². The second-order valence-electron chi connectivity index (χ2n) is 8.13. The summed E-state index contributed by atoms with van der Waals surface area (Å²) >= 11 is 0. The number of aromatic amines is 2. The minimum atomic E-state index is -0.383. The van der Waals surface area contributed by atoms with Gasteiger partial charge in [-0.15, -0.1) is 0 Å². The summed E-state index contributed by atoms with van der Waals surface area (Å²) in [4.78, 5) is 16.9. The Balaban J connectivity index is 1.50. The highest BCUT2D eigenvalue weighted by Gasteiger charge is 2.17. The first kappa shape index (κ1) is 20.1. The topological polar surface area (TPSA) is 97.3 Å². The molecule has 8 nitrogen and oxygen atoms in total. The Morgan fingerprint density at radius 1 is 0.941 bits per heavy atom. The zero-order valence-corrected chi connectivity index (χ0v) is 18.7. The lowest BCUT2D eigenvalue weighted by atomic mass is 10.1. The van der Waals surface area contributed by atoms with E-state index in [-0.39, 0.29) is 5.82 Å². The minimum Gasteiger partial charge on any atom is -0.497 e. The van der Waals surface area contributed by atoms with Gasteiger partial charge in [-0.2, -0.15) is 5.10 Å². The van der Waals surface area contributed by atoms with Gasteiger partial charge < -0.3 is 14.3 Å². The van der Waals surface area contributed by atoms with Crippen LogP contribution in [0.15, 0.2) is 55.0 Å². The van der Waals surface area contributed by atoms with E-state index < -0.39 is 0 Å². The van der Waals surface area contributed by atoms with Gasteiger partial charge in [0.1, 0.15) is 23.1 Å². The molecule has 0 unspecified atom stereocenters. The number of rotatable bonds is 4. The molecule has 0 spiro atoms. The Morgan fingerprint density at radius 2 is 1.82 bits per heavy atom. The van der Waals surface area contributed by atoms with Crippen LogP contribution in [0, 0.1) is 12.7 Å². The van der Waals surface area contributed by atoms with Crippen molar-refractivity contribution in [1.82, 2.24) is 34.7 Å². The summed E-state index contributed by atoms with van der Waals surface area (Å²) in [5, 5.41) is 9.27. The highest BCUT2D eigenvalue weighted by atomic mass is 19.1. The second kappa shape index (κ2) is 7.51. The van der Waals surface area contributed by atoms with Crippen molar-refractivity contribution in [3.05, 3.63) is 66.6 Å². The van der Waals surface area contributed by atoms with Crippen LogP contribution in [0.5, 0.6) is 5.75 Å². The number of H-pyrrole nitrogens is 2. The maximum atomic E-state index is 14.2. The number of nitrogens with zero attached hydrogens (tertiary/aromatic N) is 5. The summed E-state index contributed by atoms with van der Waals surface area (Å²) in [7, 11) is 3.49. The fourth-order valence-corrected chi connectivity index (χ4v) is 4.25. The number of aryl methyl sites for hydroxylation is 1. The van der Waals surface area contributed by atoms with Gasteiger partial charge in [-0.25, -0.2) is 14.4 Å². The molecule has 2 N–H and O–H groups in total. The van der Waals surface area contributed by atoms with E-state index in [2.05, 4.69) is 36.2 Å². The van der Waals surface area contributed by atoms with E-state index in [1.54, 1.807) is 12.3 Å². The van der Waals surface area contributed by atoms with Crippen molar-refractivity contribution in [2.75, 3.05) is 7.11 Å². The van der Waals surface area contributed by atoms with E-state index in [1.165, 1.54) is 19.2 Å². The van der Waals surface area contributed by atoms with Crippen LogP contribution in [-0.4, -0.2) is 41.8 Å². The lowest BCUT2D eigenvalue weighted by Gasteiger charge is -2.06. The van der Waals surface area contributed by atoms with Gasteiger partial charge in [-0.1, -0.05) is 0 Å². The Kier molecular flexibility index (Phi) is 4.44. The van der Waals surface area contributed by atoms with Gasteiger partial charge in [0.2, 0.25) is 0 Å². The Bertz CT molecular complexity index is 1690. The highest BCUT2D eigenvalue weighted by molar-refractivity contribution is 6.00. The highest BCUT2D eigenvalue weighted by Crippen LogP contribution is 2.35. The quantitative estimate of drug-likeness (QED) is 0.390. The van der Waals surface area contributed by atoms with Gasteiger partial charge in [0.25, 0.3) is 0 Å². The lowest BCUT2D eigenvalue weighted by Crippen LogP contribution is -1.94. The number of halogens is 1. The van der Waals surface area contributed by atoms with Crippen molar-refractivity contribution >= 4 is 21.9 Å². The number of nitrogens with one attached hydrogen (secondary N) is 2. The molecule has 9 heteroatoms. The first-order valence-corrected chi connectivity index (χ1v) is 10.7. The van der Waals surface area contributed by atoms with Crippen molar-refractivity contribution in [1.29, 1.82) is 0 Å². The summed E-state index contributed by atoms with van der Waals surface area (Å²) in [5.74, 6) is 0.977. The fraction of sp³-hybridized carbons (Fsp3) is 0.120. The third kappa shape index (κ3) is 3.13. The van der Waals surface area contributed by atoms with E-state index in [9.17, 15) is 4.39 Å². The third-order valence-corrected chi connectivity index (χ3v) is 6.12. The molecule has 0 aliphatic heterocycles. The van der Waals surface area contributed by atoms with Crippen LogP contribution in [-0.2, 0) is 7.05 Å². The largest absolute Gasteiger partial charge is 0.497 e. The maximum absolute atomic E-state index is 14.2. The smallest absolute Gasteiger partial charge is 0.155 e. The number of fused-ring (bicyclic) bond motifs is 2. The number of aromatic nitrogens is 7. The predicted octanol–water partition coefficient (Wildman–Crippen LogP) is 5.02. The monoisotopic (exact) mass is 453 g/mol. The van der Waals surface area contributed by atoms with Crippen LogP contribution in [0.3, 0.4) is 0 Å². The van der Waals surface area contributed by atoms with E-state index in [1.807, 2.05) is 43.1 Å². The molecule has 168 valence electrons. The number of ether oxygens (including phenoxy) is 1. The third-order valence-electron chi connectivity index (χ3n) is 6.12. The van der Waals surface area contributed by atoms with Crippen LogP contribution < -0.4 is 4.74 Å². The van der Waals surface area contributed by atoms with Crippen molar-refractivity contribution < 1.29 is 9.13 Å². The molecule has 5 heterocycles. The average Bonchev–Trinajstić information content (AvgIpc) is 3.54. The Labute approximate surface area is 193 Å². The van der Waals surface area contributed by atoms with Crippen LogP contribution >= 0.6 is 0 Å². The van der Waals surface area contributed by atoms with Crippen LogP contribution in [0.25, 0.3) is 55.8 Å². The van der Waals surface area contributed by atoms with E-state index in [0.717, 1.165) is 44.8 Å². The number of hydrogen-bond acceptors (Lipinski definition) is 5. The molecule has 0 bridgehead atoms. The SMILES string of the molecule is COc1cc(F)cc(-c2nccc3[nH]c(-c4n[nH]c5ncc(-c6cnc(C)n6C)cc45)cc23)c1. The molecule has 6 rings (SSSR count). The first-order valence-electron chi connectivity index (χ1n) is 10.7. The minimum absolute atomic E-state index is 0.383. The summed E-state index contributed by atoms with van der Waals surface area (Å²) in [6.45, 7) is 1.96. The van der Waals surface area contributed by atoms with Crippen LogP contribution in [0.1, 0.15) is 5.82 Å². The first-order chi connectivity index (χ1) is 16.5. The van der Waals surface area contributed by atoms with Gasteiger partial charge in [-0.3, -0.25) is 10.1 Å². The molecule has 0 fully saturated rings. The van der Waals surface area contributed by atoms with Crippen molar-refractivity contribution in [3.63, 3.8) is 0 Å². The number of benzene rings is 1. The fourth-order valence-electron chi connectivity index (χ4n) is 4.25. The summed E-state index contributed by atoms with van der Waals surface area (Å²) in [5.41, 5.74) is 6.31. The molecule has 0 radical (unpaired) electrons. The molecule has 0 saturated heterocycles. The van der Waals surface area contributed by atoms with Crippen LogP contribution in [0.4, 0.5) is 4.39 Å². The number of imidazole rings is 1. The van der Waals surface area contributed by atoms with E-state index >= 15 is 0 Å². The Morgan fingerprint density at radius 3 is 2.62 bits per heavy atom. The van der Waals surface area contributed by atoms with Gasteiger partial charge >= 0.3 is 0 Å². The van der Waals surface area contributed by atoms with E-state index in [0.29, 0.717) is 22.7 Å². The molecule has 1 aromatic carbocycles. The van der Waals surface area contributed by atoms with Crippen molar-refractivity contribution in [2.24, 2.45) is 7.05 Å². The molecular formula is C25H20FN7O. The summed E-state index contributed by atoms with van der Waals surface area (Å²) in [6, 6.07) is 10.5. The van der Waals surface area contributed by atoms with Gasteiger partial charge in [0, 0.05) is 52.9 Å². The number of methoxy groups -OCH3 is 1. The molecule has 0 atom stereocenters. The molecule has 0 aliphatic carbocycles. The molecule has 0 amide bonds. The summed E-state index contributed by atoms with van der Waals surface area (Å²) < 4.78 is 21.4. The molecule has 34 heavy (non-hydrogen) atoms. The van der Waals surface area contributed by atoms with Crippen molar-refractivity contribution in [3.8, 4) is 39.7 Å². The standard InChI is InChI=1S/C25H20FN7O/c1-13-28-12-22(33(13)2)15-8-19-24(31-32-25(19)29-11-15)21-10-18-20(30-21)4-5-27-23(18)14-6-16(26)9-17(7-14)34-3/h4-12,30H,1-3H3,(H,29,31,32). The van der Waals surface area contributed by atoms with E-state index in [4.69, 9.17) is 4.74 Å². The lowest BCUT2D eigenvalue weighted by molar-refractivity contribution is 0.411. The molecule has 0 saturated carbocycles. The molecule has 6 aromatic rings. The number of hydrogen-bond donors (Lipinski definition) is 2. The van der Waals surface area contributed by atoms with Gasteiger partial charge in [-0.05, 0) is 37.3 Å². The molecule has 0 aliphatic rings. The average molecular weight is 453 g/mol. The second-order valence-corrected chi connectivity index (χ2v) is 8.13. The van der Waals surface area contributed by atoms with Crippen LogP contribution in [0.2, 0.25) is 0 Å².